The molecular formula is C60H102NO7+. The molecule has 0 rings (SSSR count). The Morgan fingerprint density at radius 2 is 0.824 bits per heavy atom. The van der Waals surface area contributed by atoms with Gasteiger partial charge >= 0.3 is 17.9 Å². The summed E-state index contributed by atoms with van der Waals surface area (Å²) >= 11 is 0. The van der Waals surface area contributed by atoms with Crippen LogP contribution in [0.25, 0.3) is 0 Å². The van der Waals surface area contributed by atoms with Crippen LogP contribution >= 0.6 is 0 Å². The van der Waals surface area contributed by atoms with E-state index in [4.69, 9.17) is 14.2 Å². The lowest BCUT2D eigenvalue weighted by Gasteiger charge is -2.31. The second-order valence-electron chi connectivity index (χ2n) is 19.1. The molecule has 1 N–H and O–H groups in total. The maximum Gasteiger partial charge on any atom is 0.362 e. The monoisotopic (exact) mass is 949 g/mol. The van der Waals surface area contributed by atoms with Gasteiger partial charge in [0.2, 0.25) is 0 Å². The quantitative estimate of drug-likeness (QED) is 0.0281. The van der Waals surface area contributed by atoms with Crippen molar-refractivity contribution in [1.82, 2.24) is 0 Å². The van der Waals surface area contributed by atoms with E-state index in [1.54, 1.807) is 0 Å². The third kappa shape index (κ3) is 47.3. The standard InChI is InChI=1S/C60H101NO7/c1-6-8-10-12-14-16-18-20-22-24-26-28-30-32-34-36-38-40-42-44-46-48-50-58(62)67-55-56(54-66-53-52-57(60(64)65)61(3,4)5)68-59(63)51-49-47-45-43-41-39-37-35-33-31-29-27-25-23-21-19-17-15-13-11-9-7-2/h9,11,15,17,21,23-24,26-27,29-30,32-33,35,39,41,56-57H,6-8,10,12-14,16,18-20,22,25,28,31,34,36-38,40,42-55H2,1-5H3/p+1/b11-9+,17-15+,23-21+,26-24+,29-27+,32-30+,35-33+,41-39+. The first-order valence-electron chi connectivity index (χ1n) is 27.3. The Morgan fingerprint density at radius 3 is 1.24 bits per heavy atom. The van der Waals surface area contributed by atoms with Gasteiger partial charge in [-0.3, -0.25) is 9.59 Å². The summed E-state index contributed by atoms with van der Waals surface area (Å²) < 4.78 is 17.3. The Kier molecular flexibility index (Phi) is 46.9. The second kappa shape index (κ2) is 49.7. The van der Waals surface area contributed by atoms with Crippen LogP contribution in [0.3, 0.4) is 0 Å². The van der Waals surface area contributed by atoms with E-state index in [0.717, 1.165) is 89.9 Å². The number of hydrogen-bond acceptors (Lipinski definition) is 6. The van der Waals surface area contributed by atoms with Gasteiger partial charge in [0.15, 0.2) is 12.1 Å². The molecule has 0 spiro atoms. The average Bonchev–Trinajstić information content (AvgIpc) is 3.30. The summed E-state index contributed by atoms with van der Waals surface area (Å²) in [5, 5.41) is 9.67. The minimum Gasteiger partial charge on any atom is -0.477 e. The van der Waals surface area contributed by atoms with Crippen LogP contribution in [0, 0.1) is 0 Å². The molecule has 0 bridgehead atoms. The Morgan fingerprint density at radius 1 is 0.456 bits per heavy atom. The lowest BCUT2D eigenvalue weighted by molar-refractivity contribution is -0.887. The molecule has 0 aromatic rings. The van der Waals surface area contributed by atoms with Crippen molar-refractivity contribution in [2.75, 3.05) is 41.0 Å². The molecule has 0 aromatic carbocycles. The number of ether oxygens (including phenoxy) is 3. The summed E-state index contributed by atoms with van der Waals surface area (Å²) in [4.78, 5) is 37.2. The van der Waals surface area contributed by atoms with Crippen molar-refractivity contribution in [3.05, 3.63) is 97.2 Å². The van der Waals surface area contributed by atoms with Gasteiger partial charge in [-0.15, -0.1) is 0 Å². The zero-order valence-corrected chi connectivity index (χ0v) is 44.3. The zero-order chi connectivity index (χ0) is 49.9. The Balaban J connectivity index is 4.32. The van der Waals surface area contributed by atoms with E-state index >= 15 is 0 Å². The van der Waals surface area contributed by atoms with Crippen molar-refractivity contribution in [3.63, 3.8) is 0 Å². The molecule has 2 atom stereocenters. The molecule has 0 aliphatic heterocycles. The first kappa shape index (κ1) is 64.2. The summed E-state index contributed by atoms with van der Waals surface area (Å²) in [7, 11) is 5.52. The number of allylic oxidation sites excluding steroid dienone is 16. The molecule has 0 amide bonds. The molecule has 0 heterocycles. The highest BCUT2D eigenvalue weighted by Gasteiger charge is 2.31. The molecule has 0 fully saturated rings. The Bertz CT molecular complexity index is 1430. The number of carbonyl (C=O) groups is 3. The number of carboxylic acids is 1. The third-order valence-corrected chi connectivity index (χ3v) is 11.7. The molecular weight excluding hydrogens is 847 g/mol. The van der Waals surface area contributed by atoms with E-state index < -0.39 is 18.1 Å². The van der Waals surface area contributed by atoms with Crippen molar-refractivity contribution < 1.29 is 38.2 Å². The topological polar surface area (TPSA) is 99.1 Å². The Hall–Kier alpha value is -3.75. The van der Waals surface area contributed by atoms with E-state index in [1.807, 2.05) is 21.1 Å². The third-order valence-electron chi connectivity index (χ3n) is 11.7. The summed E-state index contributed by atoms with van der Waals surface area (Å²) in [6.45, 7) is 4.58. The highest BCUT2D eigenvalue weighted by molar-refractivity contribution is 5.72. The van der Waals surface area contributed by atoms with Crippen LogP contribution in [0.4, 0.5) is 0 Å². The number of carbonyl (C=O) groups excluding carboxylic acids is 2. The number of aliphatic carboxylic acids is 1. The van der Waals surface area contributed by atoms with Crippen molar-refractivity contribution in [2.45, 2.75) is 225 Å². The number of quaternary nitrogens is 1. The molecule has 0 saturated heterocycles. The largest absolute Gasteiger partial charge is 0.477 e. The van der Waals surface area contributed by atoms with E-state index in [1.165, 1.54) is 83.5 Å². The van der Waals surface area contributed by atoms with Crippen LogP contribution in [0.1, 0.15) is 213 Å². The molecule has 8 nitrogen and oxygen atoms in total. The molecule has 68 heavy (non-hydrogen) atoms. The first-order valence-corrected chi connectivity index (χ1v) is 27.3. The van der Waals surface area contributed by atoms with Gasteiger partial charge in [-0.1, -0.05) is 195 Å². The van der Waals surface area contributed by atoms with Gasteiger partial charge in [0.25, 0.3) is 0 Å². The Labute approximate surface area is 417 Å². The molecule has 0 radical (unpaired) electrons. The highest BCUT2D eigenvalue weighted by atomic mass is 16.6. The zero-order valence-electron chi connectivity index (χ0n) is 44.3. The summed E-state index contributed by atoms with van der Waals surface area (Å²) in [6, 6.07) is -0.629. The number of likely N-dealkylation sites (N-methyl/N-ethyl adjacent to an activating group) is 1. The lowest BCUT2D eigenvalue weighted by atomic mass is 10.1. The maximum absolute atomic E-state index is 12.8. The average molecular weight is 949 g/mol. The fourth-order valence-electron chi connectivity index (χ4n) is 7.54. The van der Waals surface area contributed by atoms with Crippen LogP contribution in [0.2, 0.25) is 0 Å². The number of hydrogen-bond donors (Lipinski definition) is 1. The van der Waals surface area contributed by atoms with Crippen LogP contribution in [0.5, 0.6) is 0 Å². The first-order chi connectivity index (χ1) is 33.1. The van der Waals surface area contributed by atoms with Crippen LogP contribution in [0.15, 0.2) is 97.2 Å². The van der Waals surface area contributed by atoms with Gasteiger partial charge in [-0.25, -0.2) is 4.79 Å². The molecule has 388 valence electrons. The molecule has 0 aliphatic rings. The number of carboxylic acid groups (broad SMARTS) is 1. The molecule has 2 unspecified atom stereocenters. The molecule has 0 saturated carbocycles. The van der Waals surface area contributed by atoms with E-state index in [-0.39, 0.29) is 42.7 Å². The van der Waals surface area contributed by atoms with Gasteiger partial charge in [-0.05, 0) is 96.3 Å². The van der Waals surface area contributed by atoms with Gasteiger partial charge in [0.05, 0.1) is 34.4 Å². The summed E-state index contributed by atoms with van der Waals surface area (Å²) in [6.07, 6.45) is 67.5. The lowest BCUT2D eigenvalue weighted by Crippen LogP contribution is -2.50. The van der Waals surface area contributed by atoms with Gasteiger partial charge in [0, 0.05) is 19.3 Å². The highest BCUT2D eigenvalue weighted by Crippen LogP contribution is 2.14. The van der Waals surface area contributed by atoms with Crippen LogP contribution in [-0.4, -0.2) is 80.6 Å². The van der Waals surface area contributed by atoms with Crippen LogP contribution in [-0.2, 0) is 28.6 Å². The number of rotatable bonds is 48. The normalized spacial score (nSPS) is 13.6. The van der Waals surface area contributed by atoms with E-state index in [2.05, 4.69) is 111 Å². The van der Waals surface area contributed by atoms with Crippen molar-refractivity contribution >= 4 is 17.9 Å². The maximum atomic E-state index is 12.8. The second-order valence-corrected chi connectivity index (χ2v) is 19.1. The molecule has 0 aromatic heterocycles. The molecule has 8 heteroatoms. The fourth-order valence-corrected chi connectivity index (χ4v) is 7.54. The number of nitrogens with zero attached hydrogens (tertiary/aromatic N) is 1. The smallest absolute Gasteiger partial charge is 0.362 e. The minimum absolute atomic E-state index is 0.0391. The number of unbranched alkanes of at least 4 members (excludes halogenated alkanes) is 18. The fraction of sp³-hybridized carbons (Fsp3) is 0.683. The van der Waals surface area contributed by atoms with E-state index in [9.17, 15) is 19.5 Å². The van der Waals surface area contributed by atoms with Crippen molar-refractivity contribution in [1.29, 1.82) is 0 Å². The SMILES string of the molecule is CC/C=C/C/C=C/C/C=C/C/C=C/C/C=C/C/C=C/CCCCCC(=O)OC(COCCC(C(=O)O)[N+](C)(C)C)COC(=O)CCCCCCCCC/C=C/C/C=C/CCCCCCCCCC. The van der Waals surface area contributed by atoms with Crippen molar-refractivity contribution in [2.24, 2.45) is 0 Å². The summed E-state index contributed by atoms with van der Waals surface area (Å²) in [5.41, 5.74) is 0. The van der Waals surface area contributed by atoms with Gasteiger partial charge < -0.3 is 23.8 Å². The molecule has 0 aliphatic carbocycles. The number of esters is 2. The van der Waals surface area contributed by atoms with Gasteiger partial charge in [-0.2, -0.15) is 0 Å². The van der Waals surface area contributed by atoms with Gasteiger partial charge in [0.1, 0.15) is 6.61 Å². The predicted molar refractivity (Wildman–Crippen MR) is 289 cm³/mol. The minimum atomic E-state index is -0.885. The summed E-state index contributed by atoms with van der Waals surface area (Å²) in [5.74, 6) is -1.53. The van der Waals surface area contributed by atoms with E-state index in [0.29, 0.717) is 19.3 Å². The predicted octanol–water partition coefficient (Wildman–Crippen LogP) is 16.2. The van der Waals surface area contributed by atoms with Crippen molar-refractivity contribution in [3.8, 4) is 0 Å². The van der Waals surface area contributed by atoms with Crippen LogP contribution < -0.4 is 0 Å².